The van der Waals surface area contributed by atoms with E-state index in [4.69, 9.17) is 10.7 Å². The third-order valence-corrected chi connectivity index (χ3v) is 7.51. The number of sulfonamides is 1. The Morgan fingerprint density at radius 2 is 1.94 bits per heavy atom. The van der Waals surface area contributed by atoms with Crippen LogP contribution in [-0.4, -0.2) is 33.2 Å². The fraction of sp³-hybridized carbons (Fsp3) is 0.190. The lowest BCUT2D eigenvalue weighted by molar-refractivity contribution is 0.580. The second kappa shape index (κ2) is 7.70. The second-order valence-corrected chi connectivity index (χ2v) is 10.4. The number of fused-ring (bicyclic) bond motifs is 1. The molecule has 1 fully saturated rings. The molecule has 0 radical (unpaired) electrons. The smallest absolute Gasteiger partial charge is 0.214 e. The highest BCUT2D eigenvalue weighted by atomic mass is 79.9. The minimum absolute atomic E-state index is 0.234. The predicted molar refractivity (Wildman–Crippen MR) is 123 cm³/mol. The van der Waals surface area contributed by atoms with E-state index in [2.05, 4.69) is 30.6 Å². The van der Waals surface area contributed by atoms with Gasteiger partial charge in [-0.15, -0.1) is 0 Å². The van der Waals surface area contributed by atoms with E-state index in [-0.39, 0.29) is 11.8 Å². The number of aromatic nitrogens is 4. The maximum atomic E-state index is 12.1. The summed E-state index contributed by atoms with van der Waals surface area (Å²) in [5.41, 5.74) is 9.94. The van der Waals surface area contributed by atoms with Gasteiger partial charge in [0.15, 0.2) is 11.5 Å². The minimum atomic E-state index is -3.22. The van der Waals surface area contributed by atoms with Gasteiger partial charge >= 0.3 is 0 Å². The molecule has 1 aromatic carbocycles. The molecule has 0 atom stereocenters. The molecule has 0 unspecified atom stereocenters. The molecule has 0 aliphatic heterocycles. The molecule has 31 heavy (non-hydrogen) atoms. The number of hydrogen-bond acceptors (Lipinski definition) is 6. The summed E-state index contributed by atoms with van der Waals surface area (Å²) in [5, 5.41) is -0.234. The van der Waals surface area contributed by atoms with Gasteiger partial charge < -0.3 is 5.73 Å². The molecule has 5 rings (SSSR count). The molecule has 3 aromatic heterocycles. The molecule has 3 N–H and O–H groups in total. The Morgan fingerprint density at radius 1 is 1.16 bits per heavy atom. The van der Waals surface area contributed by atoms with E-state index in [1.807, 2.05) is 47.0 Å². The van der Waals surface area contributed by atoms with Crippen LogP contribution in [0.1, 0.15) is 18.4 Å². The number of nitrogens with zero attached hydrogens (tertiary/aromatic N) is 4. The van der Waals surface area contributed by atoms with Crippen LogP contribution in [0.15, 0.2) is 59.3 Å². The first-order valence-electron chi connectivity index (χ1n) is 9.75. The van der Waals surface area contributed by atoms with Crippen molar-refractivity contribution in [3.8, 4) is 17.1 Å². The highest BCUT2D eigenvalue weighted by molar-refractivity contribution is 9.10. The topological polar surface area (TPSA) is 116 Å². The van der Waals surface area contributed by atoms with Gasteiger partial charge in [-0.25, -0.2) is 28.1 Å². The Labute approximate surface area is 187 Å². The van der Waals surface area contributed by atoms with Gasteiger partial charge in [0.1, 0.15) is 11.3 Å². The van der Waals surface area contributed by atoms with Crippen LogP contribution in [0.4, 0.5) is 5.82 Å². The summed E-state index contributed by atoms with van der Waals surface area (Å²) in [6.45, 7) is 0.261. The predicted octanol–water partition coefficient (Wildman–Crippen LogP) is 3.41. The van der Waals surface area contributed by atoms with Crippen molar-refractivity contribution in [2.45, 2.75) is 24.6 Å². The first-order valence-corrected chi connectivity index (χ1v) is 12.1. The number of nitrogens with one attached hydrogen (secondary N) is 1. The van der Waals surface area contributed by atoms with Crippen LogP contribution in [-0.2, 0) is 16.6 Å². The molecule has 1 aliphatic rings. The van der Waals surface area contributed by atoms with Crippen molar-refractivity contribution in [1.29, 1.82) is 0 Å². The Hall–Kier alpha value is -2.82. The lowest BCUT2D eigenvalue weighted by atomic mass is 10.2. The van der Waals surface area contributed by atoms with Gasteiger partial charge in [-0.3, -0.25) is 4.57 Å². The van der Waals surface area contributed by atoms with Crippen LogP contribution in [0, 0.1) is 0 Å². The van der Waals surface area contributed by atoms with E-state index in [1.165, 1.54) is 0 Å². The van der Waals surface area contributed by atoms with Crippen molar-refractivity contribution < 1.29 is 8.42 Å². The molecular formula is C21H19BrN6O2S. The van der Waals surface area contributed by atoms with E-state index in [0.717, 1.165) is 28.6 Å². The molecule has 3 heterocycles. The number of imidazole rings is 1. The van der Waals surface area contributed by atoms with E-state index >= 15 is 0 Å². The summed E-state index contributed by atoms with van der Waals surface area (Å²) >= 11 is 3.45. The summed E-state index contributed by atoms with van der Waals surface area (Å²) in [5.74, 6) is 1.01. The zero-order valence-electron chi connectivity index (χ0n) is 16.4. The molecule has 10 heteroatoms. The number of rotatable bonds is 6. The number of pyridine rings is 2. The van der Waals surface area contributed by atoms with Gasteiger partial charge in [0.25, 0.3) is 0 Å². The average molecular weight is 499 g/mol. The maximum Gasteiger partial charge on any atom is 0.214 e. The van der Waals surface area contributed by atoms with Crippen LogP contribution in [0.25, 0.3) is 28.2 Å². The normalized spacial score (nSPS) is 14.2. The van der Waals surface area contributed by atoms with Gasteiger partial charge in [-0.05, 0) is 64.7 Å². The summed E-state index contributed by atoms with van der Waals surface area (Å²) in [6.07, 6.45) is 4.84. The molecular weight excluding hydrogens is 480 g/mol. The van der Waals surface area contributed by atoms with Crippen LogP contribution in [0.5, 0.6) is 0 Å². The molecule has 1 aliphatic carbocycles. The molecule has 0 bridgehead atoms. The quantitative estimate of drug-likeness (QED) is 0.420. The largest absolute Gasteiger partial charge is 0.383 e. The first kappa shape index (κ1) is 20.1. The van der Waals surface area contributed by atoms with Gasteiger partial charge in [-0.2, -0.15) is 0 Å². The van der Waals surface area contributed by atoms with Gasteiger partial charge in [-0.1, -0.05) is 12.1 Å². The second-order valence-electron chi connectivity index (χ2n) is 7.44. The number of nitrogen functional groups attached to an aromatic ring is 1. The molecule has 4 aromatic rings. The number of benzene rings is 1. The lowest BCUT2D eigenvalue weighted by Gasteiger charge is -2.11. The van der Waals surface area contributed by atoms with E-state index < -0.39 is 10.0 Å². The fourth-order valence-corrected chi connectivity index (χ4v) is 5.09. The monoisotopic (exact) mass is 498 g/mol. The molecule has 158 valence electrons. The highest BCUT2D eigenvalue weighted by Gasteiger charge is 2.35. The zero-order valence-corrected chi connectivity index (χ0v) is 18.8. The van der Waals surface area contributed by atoms with Gasteiger partial charge in [0.05, 0.1) is 10.8 Å². The Kier molecular flexibility index (Phi) is 4.99. The molecule has 8 nitrogen and oxygen atoms in total. The van der Waals surface area contributed by atoms with E-state index in [9.17, 15) is 8.42 Å². The van der Waals surface area contributed by atoms with Crippen molar-refractivity contribution in [3.05, 3.63) is 64.9 Å². The Bertz CT molecular complexity index is 1380. The number of nitrogens with two attached hydrogens (primary N) is 1. The van der Waals surface area contributed by atoms with Crippen molar-refractivity contribution in [3.63, 3.8) is 0 Å². The molecule has 0 spiro atoms. The lowest BCUT2D eigenvalue weighted by Crippen LogP contribution is -2.26. The number of anilines is 1. The standard InChI is InChI=1S/C21H19BrN6O2S/c22-14-10-18-21(25-12-14)28(20(27-18)17-2-1-9-24-19(17)23)15-5-3-13(4-6-15)11-26-31(29,30)16-7-8-16/h1-6,9-10,12,16,26H,7-8,11H2,(H2,23,24). The Morgan fingerprint density at radius 3 is 2.65 bits per heavy atom. The number of halogens is 1. The van der Waals surface area contributed by atoms with Crippen molar-refractivity contribution >= 4 is 42.9 Å². The molecule has 0 amide bonds. The first-order chi connectivity index (χ1) is 14.9. The van der Waals surface area contributed by atoms with Crippen LogP contribution >= 0.6 is 15.9 Å². The summed E-state index contributed by atoms with van der Waals surface area (Å²) in [4.78, 5) is 13.5. The van der Waals surface area contributed by atoms with Gasteiger partial charge in [0.2, 0.25) is 10.0 Å². The minimum Gasteiger partial charge on any atom is -0.383 e. The van der Waals surface area contributed by atoms with Crippen LogP contribution in [0.2, 0.25) is 0 Å². The van der Waals surface area contributed by atoms with E-state index in [1.54, 1.807) is 12.4 Å². The zero-order chi connectivity index (χ0) is 21.6. The summed E-state index contributed by atoms with van der Waals surface area (Å²) < 4.78 is 29.6. The van der Waals surface area contributed by atoms with Crippen molar-refractivity contribution in [2.24, 2.45) is 0 Å². The third kappa shape index (κ3) is 3.93. The van der Waals surface area contributed by atoms with Gasteiger partial charge in [0, 0.05) is 29.1 Å². The van der Waals surface area contributed by atoms with Crippen molar-refractivity contribution in [1.82, 2.24) is 24.2 Å². The summed E-state index contributed by atoms with van der Waals surface area (Å²) in [7, 11) is -3.22. The number of hydrogen-bond donors (Lipinski definition) is 2. The Balaban J connectivity index is 1.54. The third-order valence-electron chi connectivity index (χ3n) is 5.18. The fourth-order valence-electron chi connectivity index (χ4n) is 3.42. The van der Waals surface area contributed by atoms with Crippen LogP contribution in [0.3, 0.4) is 0 Å². The summed E-state index contributed by atoms with van der Waals surface area (Å²) in [6, 6.07) is 13.2. The van der Waals surface area contributed by atoms with E-state index in [0.29, 0.717) is 28.4 Å². The molecule has 1 saturated carbocycles. The average Bonchev–Trinajstić information content (AvgIpc) is 3.56. The molecule has 0 saturated heterocycles. The highest BCUT2D eigenvalue weighted by Crippen LogP contribution is 2.31. The SMILES string of the molecule is Nc1ncccc1-c1nc2cc(Br)cnc2n1-c1ccc(CNS(=O)(=O)C2CC2)cc1. The maximum absolute atomic E-state index is 12.1. The van der Waals surface area contributed by atoms with Crippen molar-refractivity contribution in [2.75, 3.05) is 5.73 Å². The van der Waals surface area contributed by atoms with Crippen LogP contribution < -0.4 is 10.5 Å².